The van der Waals surface area contributed by atoms with E-state index in [-0.39, 0.29) is 5.84 Å². The van der Waals surface area contributed by atoms with Gasteiger partial charge in [0.25, 0.3) is 0 Å². The number of aryl methyl sites for hydroxylation is 1. The van der Waals surface area contributed by atoms with Crippen molar-refractivity contribution in [1.29, 1.82) is 5.41 Å². The summed E-state index contributed by atoms with van der Waals surface area (Å²) in [5.74, 6) is 1.64. The van der Waals surface area contributed by atoms with Crippen molar-refractivity contribution in [2.75, 3.05) is 18.0 Å². The number of rotatable bonds is 2. The number of nitrogens with two attached hydrogens (primary N) is 1. The number of benzene rings is 1. The zero-order chi connectivity index (χ0) is 13.3. The second-order valence-corrected chi connectivity index (χ2v) is 5.57. The molecule has 1 fully saturated rings. The monoisotopic (exact) mass is 245 g/mol. The minimum absolute atomic E-state index is 0.167. The van der Waals surface area contributed by atoms with Crippen LogP contribution >= 0.6 is 0 Å². The zero-order valence-corrected chi connectivity index (χ0v) is 11.5. The Kier molecular flexibility index (Phi) is 3.60. The Bertz CT molecular complexity index is 453. The molecule has 0 aromatic heterocycles. The molecule has 0 spiro atoms. The van der Waals surface area contributed by atoms with Crippen LogP contribution in [0.3, 0.4) is 0 Å². The van der Waals surface area contributed by atoms with E-state index in [0.717, 1.165) is 30.3 Å². The molecule has 3 heteroatoms. The van der Waals surface area contributed by atoms with Crippen molar-refractivity contribution in [3.05, 3.63) is 29.3 Å². The normalized spacial score (nSPS) is 24.1. The molecule has 1 saturated heterocycles. The molecule has 3 N–H and O–H groups in total. The van der Waals surface area contributed by atoms with Crippen molar-refractivity contribution in [1.82, 2.24) is 0 Å². The fraction of sp³-hybridized carbons (Fsp3) is 0.533. The lowest BCUT2D eigenvalue weighted by atomic mass is 9.88. The molecule has 98 valence electrons. The number of amidine groups is 1. The molecule has 0 amide bonds. The highest BCUT2D eigenvalue weighted by atomic mass is 15.1. The molecule has 1 aromatic carbocycles. The third-order valence-electron chi connectivity index (χ3n) is 4.18. The van der Waals surface area contributed by atoms with Crippen LogP contribution in [0.5, 0.6) is 0 Å². The molecule has 18 heavy (non-hydrogen) atoms. The van der Waals surface area contributed by atoms with Crippen LogP contribution in [0.4, 0.5) is 5.69 Å². The van der Waals surface area contributed by atoms with E-state index in [2.05, 4.69) is 31.7 Å². The first kappa shape index (κ1) is 12.9. The van der Waals surface area contributed by atoms with Crippen LogP contribution in [-0.2, 0) is 0 Å². The molecular weight excluding hydrogens is 222 g/mol. The van der Waals surface area contributed by atoms with Gasteiger partial charge in [-0.2, -0.15) is 0 Å². The predicted octanol–water partition coefficient (Wildman–Crippen LogP) is 2.76. The first-order valence-electron chi connectivity index (χ1n) is 6.69. The maximum atomic E-state index is 7.73. The van der Waals surface area contributed by atoms with Crippen LogP contribution < -0.4 is 10.6 Å². The number of hydrogen-bond acceptors (Lipinski definition) is 2. The highest BCUT2D eigenvalue weighted by molar-refractivity contribution is 6.01. The van der Waals surface area contributed by atoms with Gasteiger partial charge in [0.1, 0.15) is 5.84 Å². The summed E-state index contributed by atoms with van der Waals surface area (Å²) in [7, 11) is 0. The molecule has 2 unspecified atom stereocenters. The van der Waals surface area contributed by atoms with Crippen molar-refractivity contribution in [3.63, 3.8) is 0 Å². The lowest BCUT2D eigenvalue weighted by Gasteiger charge is -2.38. The largest absolute Gasteiger partial charge is 0.384 e. The van der Waals surface area contributed by atoms with Crippen LogP contribution in [0.2, 0.25) is 0 Å². The summed E-state index contributed by atoms with van der Waals surface area (Å²) in [5, 5.41) is 7.73. The van der Waals surface area contributed by atoms with E-state index in [1.807, 2.05) is 12.1 Å². The molecule has 2 rings (SSSR count). The summed E-state index contributed by atoms with van der Waals surface area (Å²) in [6.45, 7) is 8.86. The molecule has 1 aliphatic heterocycles. The molecule has 0 radical (unpaired) electrons. The van der Waals surface area contributed by atoms with E-state index in [1.54, 1.807) is 0 Å². The van der Waals surface area contributed by atoms with Crippen molar-refractivity contribution >= 4 is 11.5 Å². The Morgan fingerprint density at radius 1 is 1.33 bits per heavy atom. The van der Waals surface area contributed by atoms with Crippen LogP contribution in [0.25, 0.3) is 0 Å². The van der Waals surface area contributed by atoms with Crippen molar-refractivity contribution < 1.29 is 0 Å². The van der Waals surface area contributed by atoms with Gasteiger partial charge in [0.05, 0.1) is 5.69 Å². The number of hydrogen-bond donors (Lipinski definition) is 2. The fourth-order valence-corrected chi connectivity index (χ4v) is 2.76. The lowest BCUT2D eigenvalue weighted by molar-refractivity contribution is 0.323. The van der Waals surface area contributed by atoms with Crippen molar-refractivity contribution in [2.24, 2.45) is 17.6 Å². The van der Waals surface area contributed by atoms with E-state index in [0.29, 0.717) is 5.92 Å². The Balaban J connectivity index is 2.36. The summed E-state index contributed by atoms with van der Waals surface area (Å²) in [5.41, 5.74) is 8.95. The van der Waals surface area contributed by atoms with E-state index in [4.69, 9.17) is 11.1 Å². The number of nitrogen functional groups attached to an aromatic ring is 1. The van der Waals surface area contributed by atoms with E-state index >= 15 is 0 Å². The lowest BCUT2D eigenvalue weighted by Crippen LogP contribution is -2.39. The van der Waals surface area contributed by atoms with Gasteiger partial charge in [-0.1, -0.05) is 26.0 Å². The third kappa shape index (κ3) is 2.35. The summed E-state index contributed by atoms with van der Waals surface area (Å²) < 4.78 is 0. The smallest absolute Gasteiger partial charge is 0.124 e. The number of nitrogens with zero attached hydrogens (tertiary/aromatic N) is 1. The van der Waals surface area contributed by atoms with Gasteiger partial charge in [-0.05, 0) is 36.8 Å². The molecule has 1 aromatic rings. The molecule has 0 aliphatic carbocycles. The predicted molar refractivity (Wildman–Crippen MR) is 77.4 cm³/mol. The van der Waals surface area contributed by atoms with Gasteiger partial charge in [0.15, 0.2) is 0 Å². The van der Waals surface area contributed by atoms with Crippen molar-refractivity contribution in [3.8, 4) is 0 Å². The SMILES string of the molecule is Cc1cccc(C(=N)N)c1N1CCC(C)C(C)C1. The molecular formula is C15H23N3. The second kappa shape index (κ2) is 5.01. The molecule has 1 aliphatic rings. The van der Waals surface area contributed by atoms with Gasteiger partial charge in [-0.3, -0.25) is 5.41 Å². The highest BCUT2D eigenvalue weighted by Crippen LogP contribution is 2.31. The summed E-state index contributed by atoms with van der Waals surface area (Å²) in [6, 6.07) is 6.03. The molecule has 0 saturated carbocycles. The van der Waals surface area contributed by atoms with Gasteiger partial charge in [0, 0.05) is 18.7 Å². The number of nitrogens with one attached hydrogen (secondary N) is 1. The first-order chi connectivity index (χ1) is 8.50. The molecule has 1 heterocycles. The Morgan fingerprint density at radius 3 is 2.67 bits per heavy atom. The minimum Gasteiger partial charge on any atom is -0.384 e. The molecule has 0 bridgehead atoms. The Labute approximate surface area is 109 Å². The highest BCUT2D eigenvalue weighted by Gasteiger charge is 2.25. The number of para-hydroxylation sites is 1. The Morgan fingerprint density at radius 2 is 2.06 bits per heavy atom. The maximum Gasteiger partial charge on any atom is 0.124 e. The standard InChI is InChI=1S/C15H23N3/c1-10-7-8-18(9-12(10)3)14-11(2)5-4-6-13(14)15(16)17/h4-6,10,12H,7-9H2,1-3H3,(H3,16,17). The van der Waals surface area contributed by atoms with Crippen LogP contribution in [0.15, 0.2) is 18.2 Å². The zero-order valence-electron chi connectivity index (χ0n) is 11.5. The van der Waals surface area contributed by atoms with Crippen LogP contribution in [0.1, 0.15) is 31.4 Å². The van der Waals surface area contributed by atoms with E-state index < -0.39 is 0 Å². The van der Waals surface area contributed by atoms with E-state index in [9.17, 15) is 0 Å². The summed E-state index contributed by atoms with van der Waals surface area (Å²) in [6.07, 6.45) is 1.22. The number of piperidine rings is 1. The van der Waals surface area contributed by atoms with Crippen molar-refractivity contribution in [2.45, 2.75) is 27.2 Å². The maximum absolute atomic E-state index is 7.73. The minimum atomic E-state index is 0.167. The van der Waals surface area contributed by atoms with Gasteiger partial charge >= 0.3 is 0 Å². The van der Waals surface area contributed by atoms with Gasteiger partial charge in [-0.15, -0.1) is 0 Å². The van der Waals surface area contributed by atoms with Crippen LogP contribution in [-0.4, -0.2) is 18.9 Å². The molecule has 2 atom stereocenters. The first-order valence-corrected chi connectivity index (χ1v) is 6.69. The summed E-state index contributed by atoms with van der Waals surface area (Å²) in [4.78, 5) is 2.40. The number of anilines is 1. The van der Waals surface area contributed by atoms with Crippen LogP contribution in [0, 0.1) is 24.2 Å². The van der Waals surface area contributed by atoms with Gasteiger partial charge < -0.3 is 10.6 Å². The average molecular weight is 245 g/mol. The topological polar surface area (TPSA) is 53.1 Å². The average Bonchev–Trinajstić information content (AvgIpc) is 2.32. The Hall–Kier alpha value is -1.51. The fourth-order valence-electron chi connectivity index (χ4n) is 2.76. The molecule has 3 nitrogen and oxygen atoms in total. The van der Waals surface area contributed by atoms with Gasteiger partial charge in [0.2, 0.25) is 0 Å². The van der Waals surface area contributed by atoms with Gasteiger partial charge in [-0.25, -0.2) is 0 Å². The third-order valence-corrected chi connectivity index (χ3v) is 4.18. The second-order valence-electron chi connectivity index (χ2n) is 5.57. The summed E-state index contributed by atoms with van der Waals surface area (Å²) >= 11 is 0. The quantitative estimate of drug-likeness (QED) is 0.622. The van der Waals surface area contributed by atoms with E-state index in [1.165, 1.54) is 12.0 Å².